The highest BCUT2D eigenvalue weighted by atomic mass is 79.9. The molecule has 118 valence electrons. The highest BCUT2D eigenvalue weighted by molar-refractivity contribution is 9.10. The molecule has 1 aliphatic carbocycles. The van der Waals surface area contributed by atoms with Gasteiger partial charge in [0.25, 0.3) is 0 Å². The third kappa shape index (κ3) is 5.34. The largest absolute Gasteiger partial charge is 0.377 e. The molecule has 0 amide bonds. The Balaban J connectivity index is 1.75. The number of halogens is 1. The molecule has 0 atom stereocenters. The molecule has 1 aromatic carbocycles. The average Bonchev–Trinajstić information content (AvgIpc) is 2.45. The SMILES string of the molecule is NC1CCC(OCCNS(=O)(=O)c2cccc(Br)c2)CC1. The number of ether oxygens (including phenoxy) is 1. The maximum absolute atomic E-state index is 12.1. The van der Waals surface area contributed by atoms with Crippen LogP contribution in [0.15, 0.2) is 33.6 Å². The topological polar surface area (TPSA) is 81.4 Å². The van der Waals surface area contributed by atoms with E-state index in [0.717, 1.165) is 30.2 Å². The maximum Gasteiger partial charge on any atom is 0.240 e. The quantitative estimate of drug-likeness (QED) is 0.744. The second-order valence-corrected chi connectivity index (χ2v) is 7.95. The molecule has 5 nitrogen and oxygen atoms in total. The first kappa shape index (κ1) is 16.9. The fourth-order valence-electron chi connectivity index (χ4n) is 2.37. The monoisotopic (exact) mass is 376 g/mol. The Morgan fingerprint density at radius 1 is 1.29 bits per heavy atom. The Kier molecular flexibility index (Phi) is 6.19. The molecule has 3 N–H and O–H groups in total. The third-order valence-electron chi connectivity index (χ3n) is 3.57. The summed E-state index contributed by atoms with van der Waals surface area (Å²) in [6, 6.07) is 6.92. The highest BCUT2D eigenvalue weighted by Gasteiger charge is 2.19. The van der Waals surface area contributed by atoms with Crippen LogP contribution < -0.4 is 10.5 Å². The van der Waals surface area contributed by atoms with Gasteiger partial charge in [0.2, 0.25) is 10.0 Å². The molecular weight excluding hydrogens is 356 g/mol. The smallest absolute Gasteiger partial charge is 0.240 e. The van der Waals surface area contributed by atoms with E-state index in [9.17, 15) is 8.42 Å². The summed E-state index contributed by atoms with van der Waals surface area (Å²) in [6.07, 6.45) is 4.09. The van der Waals surface area contributed by atoms with Crippen molar-refractivity contribution in [3.63, 3.8) is 0 Å². The molecule has 1 aromatic rings. The number of nitrogens with two attached hydrogens (primary N) is 1. The van der Waals surface area contributed by atoms with Gasteiger partial charge < -0.3 is 10.5 Å². The van der Waals surface area contributed by atoms with Crippen LogP contribution in [0.4, 0.5) is 0 Å². The number of rotatable bonds is 6. The number of benzene rings is 1. The van der Waals surface area contributed by atoms with E-state index in [1.54, 1.807) is 24.3 Å². The van der Waals surface area contributed by atoms with Gasteiger partial charge in [0.05, 0.1) is 17.6 Å². The van der Waals surface area contributed by atoms with Crippen molar-refractivity contribution in [1.29, 1.82) is 0 Å². The van der Waals surface area contributed by atoms with Crippen molar-refractivity contribution < 1.29 is 13.2 Å². The summed E-state index contributed by atoms with van der Waals surface area (Å²) in [4.78, 5) is 0.250. The van der Waals surface area contributed by atoms with Crippen LogP contribution in [-0.2, 0) is 14.8 Å². The van der Waals surface area contributed by atoms with Crippen molar-refractivity contribution >= 4 is 26.0 Å². The van der Waals surface area contributed by atoms with E-state index in [-0.39, 0.29) is 17.5 Å². The maximum atomic E-state index is 12.1. The summed E-state index contributed by atoms with van der Waals surface area (Å²) in [6.45, 7) is 0.657. The van der Waals surface area contributed by atoms with Crippen molar-refractivity contribution in [3.05, 3.63) is 28.7 Å². The van der Waals surface area contributed by atoms with E-state index < -0.39 is 10.0 Å². The summed E-state index contributed by atoms with van der Waals surface area (Å²) in [5.41, 5.74) is 5.83. The summed E-state index contributed by atoms with van der Waals surface area (Å²) in [7, 11) is -3.47. The number of nitrogens with one attached hydrogen (secondary N) is 1. The minimum atomic E-state index is -3.47. The van der Waals surface area contributed by atoms with Gasteiger partial charge in [-0.1, -0.05) is 22.0 Å². The molecule has 1 aliphatic rings. The Morgan fingerprint density at radius 3 is 2.67 bits per heavy atom. The molecule has 1 fully saturated rings. The van der Waals surface area contributed by atoms with Crippen LogP contribution in [0.2, 0.25) is 0 Å². The highest BCUT2D eigenvalue weighted by Crippen LogP contribution is 2.19. The van der Waals surface area contributed by atoms with Gasteiger partial charge in [-0.25, -0.2) is 13.1 Å². The van der Waals surface area contributed by atoms with Crippen molar-refractivity contribution in [2.75, 3.05) is 13.2 Å². The first-order valence-corrected chi connectivity index (χ1v) is 9.37. The Hall–Kier alpha value is -0.470. The van der Waals surface area contributed by atoms with Gasteiger partial charge in [-0.2, -0.15) is 0 Å². The molecule has 1 saturated carbocycles. The summed E-state index contributed by atoms with van der Waals surface area (Å²) < 4.78 is 33.1. The Morgan fingerprint density at radius 2 is 2.00 bits per heavy atom. The van der Waals surface area contributed by atoms with E-state index in [2.05, 4.69) is 20.7 Å². The van der Waals surface area contributed by atoms with Crippen molar-refractivity contribution in [1.82, 2.24) is 4.72 Å². The molecule has 0 aliphatic heterocycles. The molecular formula is C14H21BrN2O3S. The van der Waals surface area contributed by atoms with E-state index in [1.807, 2.05) is 0 Å². The molecule has 21 heavy (non-hydrogen) atoms. The molecule has 0 radical (unpaired) electrons. The lowest BCUT2D eigenvalue weighted by atomic mass is 9.94. The Labute approximate surface area is 134 Å². The minimum Gasteiger partial charge on any atom is -0.377 e. The van der Waals surface area contributed by atoms with Gasteiger partial charge in [-0.15, -0.1) is 0 Å². The van der Waals surface area contributed by atoms with Crippen LogP contribution in [0.3, 0.4) is 0 Å². The van der Waals surface area contributed by atoms with Crippen molar-refractivity contribution in [2.24, 2.45) is 5.73 Å². The van der Waals surface area contributed by atoms with E-state index >= 15 is 0 Å². The van der Waals surface area contributed by atoms with Gasteiger partial charge in [0, 0.05) is 17.1 Å². The second kappa shape index (κ2) is 7.69. The first-order chi connectivity index (χ1) is 9.97. The fourth-order valence-corrected chi connectivity index (χ4v) is 3.98. The normalized spacial score (nSPS) is 23.1. The zero-order chi connectivity index (χ0) is 15.3. The van der Waals surface area contributed by atoms with Crippen LogP contribution in [0, 0.1) is 0 Å². The van der Waals surface area contributed by atoms with Gasteiger partial charge in [-0.05, 0) is 43.9 Å². The lowest BCUT2D eigenvalue weighted by molar-refractivity contribution is 0.0287. The van der Waals surface area contributed by atoms with Gasteiger partial charge in [0.15, 0.2) is 0 Å². The van der Waals surface area contributed by atoms with Gasteiger partial charge >= 0.3 is 0 Å². The molecule has 7 heteroatoms. The number of hydrogen-bond donors (Lipinski definition) is 2. The molecule has 0 unspecified atom stereocenters. The molecule has 0 spiro atoms. The van der Waals surface area contributed by atoms with Crippen molar-refractivity contribution in [3.8, 4) is 0 Å². The van der Waals surface area contributed by atoms with Crippen LogP contribution in [0.1, 0.15) is 25.7 Å². The molecule has 2 rings (SSSR count). The second-order valence-electron chi connectivity index (χ2n) is 5.26. The fraction of sp³-hybridized carbons (Fsp3) is 0.571. The number of hydrogen-bond acceptors (Lipinski definition) is 4. The molecule has 0 aromatic heterocycles. The summed E-state index contributed by atoms with van der Waals surface area (Å²) in [5, 5.41) is 0. The van der Waals surface area contributed by atoms with Crippen LogP contribution >= 0.6 is 15.9 Å². The minimum absolute atomic E-state index is 0.208. The lowest BCUT2D eigenvalue weighted by Crippen LogP contribution is -2.33. The van der Waals surface area contributed by atoms with Crippen LogP contribution in [-0.4, -0.2) is 33.7 Å². The Bertz CT molecular complexity index is 557. The zero-order valence-corrected chi connectivity index (χ0v) is 14.2. The third-order valence-corrected chi connectivity index (χ3v) is 5.52. The number of sulfonamides is 1. The van der Waals surface area contributed by atoms with Gasteiger partial charge in [-0.3, -0.25) is 0 Å². The lowest BCUT2D eigenvalue weighted by Gasteiger charge is -2.26. The van der Waals surface area contributed by atoms with E-state index in [4.69, 9.17) is 10.5 Å². The van der Waals surface area contributed by atoms with E-state index in [0.29, 0.717) is 12.6 Å². The predicted molar refractivity (Wildman–Crippen MR) is 85.5 cm³/mol. The van der Waals surface area contributed by atoms with Crippen LogP contribution in [0.5, 0.6) is 0 Å². The van der Waals surface area contributed by atoms with Crippen molar-refractivity contribution in [2.45, 2.75) is 42.7 Å². The zero-order valence-electron chi connectivity index (χ0n) is 11.8. The first-order valence-electron chi connectivity index (χ1n) is 7.10. The summed E-state index contributed by atoms with van der Waals surface area (Å²) >= 11 is 3.27. The molecule has 0 saturated heterocycles. The molecule has 0 bridgehead atoms. The predicted octanol–water partition coefficient (Wildman–Crippen LogP) is 2.01. The van der Waals surface area contributed by atoms with Gasteiger partial charge in [0.1, 0.15) is 0 Å². The molecule has 0 heterocycles. The average molecular weight is 377 g/mol. The summed E-state index contributed by atoms with van der Waals surface area (Å²) in [5.74, 6) is 0. The standard InChI is InChI=1S/C14H21BrN2O3S/c15-11-2-1-3-14(10-11)21(18,19)17-8-9-20-13-6-4-12(16)5-7-13/h1-3,10,12-13,17H,4-9,16H2. The van der Waals surface area contributed by atoms with E-state index in [1.165, 1.54) is 0 Å². The van der Waals surface area contributed by atoms with Crippen LogP contribution in [0.25, 0.3) is 0 Å².